The first-order chi connectivity index (χ1) is 9.40. The Morgan fingerprint density at radius 2 is 2.05 bits per heavy atom. The number of nitrogens with zero attached hydrogens (tertiary/aromatic N) is 1. The highest BCUT2D eigenvalue weighted by molar-refractivity contribution is 5.95. The molecular formula is C13H20N4O3. The number of hydrogen-bond donors (Lipinski definition) is 3. The van der Waals surface area contributed by atoms with Gasteiger partial charge in [0.15, 0.2) is 6.61 Å². The smallest absolute Gasteiger partial charge is 0.255 e. The van der Waals surface area contributed by atoms with Crippen molar-refractivity contribution in [2.45, 2.75) is 0 Å². The quantitative estimate of drug-likeness (QED) is 0.579. The summed E-state index contributed by atoms with van der Waals surface area (Å²) in [4.78, 5) is 24.6. The van der Waals surface area contributed by atoms with Crippen molar-refractivity contribution in [3.05, 3.63) is 23.8 Å². The van der Waals surface area contributed by atoms with E-state index in [1.165, 1.54) is 6.07 Å². The molecule has 0 aromatic heterocycles. The average Bonchev–Trinajstić information content (AvgIpc) is 2.37. The van der Waals surface area contributed by atoms with Gasteiger partial charge in [-0.25, -0.2) is 0 Å². The van der Waals surface area contributed by atoms with Gasteiger partial charge in [0.05, 0.1) is 5.69 Å². The van der Waals surface area contributed by atoms with Crippen molar-refractivity contribution in [3.8, 4) is 5.75 Å². The number of nitrogens with two attached hydrogens (primary N) is 2. The standard InChI is InChI=1S/C13H20N4O3/c1-17(2)6-5-16-13(19)9-3-4-10(14)11(7-9)20-8-12(15)18/h3-4,7H,5-6,8,14H2,1-2H3,(H2,15,18)(H,16,19). The number of ether oxygens (including phenoxy) is 1. The van der Waals surface area contributed by atoms with Gasteiger partial charge in [-0.1, -0.05) is 0 Å². The van der Waals surface area contributed by atoms with Gasteiger partial charge in [-0.3, -0.25) is 9.59 Å². The van der Waals surface area contributed by atoms with Crippen LogP contribution in [0.1, 0.15) is 10.4 Å². The van der Waals surface area contributed by atoms with E-state index in [4.69, 9.17) is 16.2 Å². The lowest BCUT2D eigenvalue weighted by Crippen LogP contribution is -2.31. The largest absolute Gasteiger partial charge is 0.482 e. The molecule has 7 heteroatoms. The molecule has 0 atom stereocenters. The van der Waals surface area contributed by atoms with E-state index >= 15 is 0 Å². The van der Waals surface area contributed by atoms with E-state index in [-0.39, 0.29) is 18.3 Å². The zero-order valence-electron chi connectivity index (χ0n) is 11.7. The van der Waals surface area contributed by atoms with Gasteiger partial charge < -0.3 is 26.4 Å². The summed E-state index contributed by atoms with van der Waals surface area (Å²) in [6, 6.07) is 4.64. The fourth-order valence-corrected chi connectivity index (χ4v) is 1.44. The first-order valence-electron chi connectivity index (χ1n) is 6.13. The van der Waals surface area contributed by atoms with Crippen LogP contribution in [-0.2, 0) is 4.79 Å². The highest BCUT2D eigenvalue weighted by Crippen LogP contribution is 2.22. The minimum Gasteiger partial charge on any atom is -0.482 e. The minimum absolute atomic E-state index is 0.226. The minimum atomic E-state index is -0.606. The van der Waals surface area contributed by atoms with Crippen LogP contribution in [0.2, 0.25) is 0 Å². The molecule has 5 N–H and O–H groups in total. The van der Waals surface area contributed by atoms with Gasteiger partial charge in [0.25, 0.3) is 11.8 Å². The van der Waals surface area contributed by atoms with Crippen molar-refractivity contribution in [2.24, 2.45) is 5.73 Å². The summed E-state index contributed by atoms with van der Waals surface area (Å²) in [7, 11) is 3.84. The molecule has 0 saturated heterocycles. The summed E-state index contributed by atoms with van der Waals surface area (Å²) in [5, 5.41) is 2.77. The third-order valence-corrected chi connectivity index (χ3v) is 2.49. The van der Waals surface area contributed by atoms with Crippen LogP contribution in [0.3, 0.4) is 0 Å². The van der Waals surface area contributed by atoms with Gasteiger partial charge in [0, 0.05) is 18.7 Å². The van der Waals surface area contributed by atoms with Crippen LogP contribution in [0.15, 0.2) is 18.2 Å². The van der Waals surface area contributed by atoms with Crippen LogP contribution in [-0.4, -0.2) is 50.5 Å². The highest BCUT2D eigenvalue weighted by Gasteiger charge is 2.09. The number of carbonyl (C=O) groups is 2. The summed E-state index contributed by atoms with van der Waals surface area (Å²) < 4.78 is 5.14. The maximum Gasteiger partial charge on any atom is 0.255 e. The fourth-order valence-electron chi connectivity index (χ4n) is 1.44. The molecule has 1 rings (SSSR count). The number of rotatable bonds is 7. The molecule has 2 amide bonds. The van der Waals surface area contributed by atoms with Gasteiger partial charge >= 0.3 is 0 Å². The molecular weight excluding hydrogens is 260 g/mol. The Morgan fingerprint density at radius 3 is 2.65 bits per heavy atom. The summed E-state index contributed by atoms with van der Waals surface area (Å²) in [5.41, 5.74) is 11.5. The van der Waals surface area contributed by atoms with E-state index in [9.17, 15) is 9.59 Å². The third-order valence-electron chi connectivity index (χ3n) is 2.49. The van der Waals surface area contributed by atoms with E-state index in [2.05, 4.69) is 5.32 Å². The molecule has 1 aromatic carbocycles. The molecule has 0 bridgehead atoms. The second-order valence-corrected chi connectivity index (χ2v) is 4.57. The summed E-state index contributed by atoms with van der Waals surface area (Å²) in [6.07, 6.45) is 0. The van der Waals surface area contributed by atoms with Crippen LogP contribution < -0.4 is 21.5 Å². The molecule has 20 heavy (non-hydrogen) atoms. The predicted molar refractivity (Wildman–Crippen MR) is 76.4 cm³/mol. The average molecular weight is 280 g/mol. The Hall–Kier alpha value is -2.28. The SMILES string of the molecule is CN(C)CCNC(=O)c1ccc(N)c(OCC(N)=O)c1. The predicted octanol–water partition coefficient (Wildman–Crippen LogP) is -0.576. The van der Waals surface area contributed by atoms with Gasteiger partial charge in [-0.05, 0) is 32.3 Å². The van der Waals surface area contributed by atoms with E-state index in [1.807, 2.05) is 19.0 Å². The molecule has 0 fully saturated rings. The number of nitrogen functional groups attached to an aromatic ring is 1. The van der Waals surface area contributed by atoms with E-state index in [0.717, 1.165) is 6.54 Å². The summed E-state index contributed by atoms with van der Waals surface area (Å²) >= 11 is 0. The van der Waals surface area contributed by atoms with Crippen LogP contribution in [0.5, 0.6) is 5.75 Å². The number of hydrogen-bond acceptors (Lipinski definition) is 5. The molecule has 0 radical (unpaired) electrons. The van der Waals surface area contributed by atoms with Crippen molar-refractivity contribution in [2.75, 3.05) is 39.5 Å². The van der Waals surface area contributed by atoms with Crippen molar-refractivity contribution >= 4 is 17.5 Å². The molecule has 0 spiro atoms. The number of amides is 2. The van der Waals surface area contributed by atoms with Crippen LogP contribution in [0.25, 0.3) is 0 Å². The zero-order chi connectivity index (χ0) is 15.1. The van der Waals surface area contributed by atoms with Gasteiger partial charge in [0.1, 0.15) is 5.75 Å². The van der Waals surface area contributed by atoms with Crippen LogP contribution >= 0.6 is 0 Å². The van der Waals surface area contributed by atoms with E-state index in [1.54, 1.807) is 12.1 Å². The second kappa shape index (κ2) is 7.34. The monoisotopic (exact) mass is 280 g/mol. The van der Waals surface area contributed by atoms with Gasteiger partial charge in [-0.2, -0.15) is 0 Å². The van der Waals surface area contributed by atoms with Gasteiger partial charge in [0.2, 0.25) is 0 Å². The van der Waals surface area contributed by atoms with Crippen molar-refractivity contribution in [3.63, 3.8) is 0 Å². The van der Waals surface area contributed by atoms with Crippen molar-refractivity contribution in [1.82, 2.24) is 10.2 Å². The normalized spacial score (nSPS) is 10.3. The maximum absolute atomic E-state index is 11.9. The zero-order valence-corrected chi connectivity index (χ0v) is 11.7. The second-order valence-electron chi connectivity index (χ2n) is 4.57. The van der Waals surface area contributed by atoms with Gasteiger partial charge in [-0.15, -0.1) is 0 Å². The Kier molecular flexibility index (Phi) is 5.79. The molecule has 0 unspecified atom stereocenters. The molecule has 0 heterocycles. The summed E-state index contributed by atoms with van der Waals surface area (Å²) in [6.45, 7) is 0.995. The lowest BCUT2D eigenvalue weighted by atomic mass is 10.2. The molecule has 1 aromatic rings. The molecule has 7 nitrogen and oxygen atoms in total. The molecule has 0 aliphatic carbocycles. The summed E-state index contributed by atoms with van der Waals surface area (Å²) in [5.74, 6) is -0.565. The maximum atomic E-state index is 11.9. The number of carbonyl (C=O) groups excluding carboxylic acids is 2. The lowest BCUT2D eigenvalue weighted by Gasteiger charge is -2.12. The van der Waals surface area contributed by atoms with Crippen molar-refractivity contribution < 1.29 is 14.3 Å². The number of nitrogens with one attached hydrogen (secondary N) is 1. The first-order valence-corrected chi connectivity index (χ1v) is 6.13. The first kappa shape index (κ1) is 15.8. The molecule has 0 aliphatic rings. The topological polar surface area (TPSA) is 111 Å². The van der Waals surface area contributed by atoms with Crippen LogP contribution in [0.4, 0.5) is 5.69 Å². The van der Waals surface area contributed by atoms with E-state index in [0.29, 0.717) is 17.8 Å². The molecule has 110 valence electrons. The highest BCUT2D eigenvalue weighted by atomic mass is 16.5. The lowest BCUT2D eigenvalue weighted by molar-refractivity contribution is -0.119. The number of primary amides is 1. The van der Waals surface area contributed by atoms with E-state index < -0.39 is 5.91 Å². The molecule has 0 aliphatic heterocycles. The molecule has 0 saturated carbocycles. The van der Waals surface area contributed by atoms with Crippen molar-refractivity contribution in [1.29, 1.82) is 0 Å². The van der Waals surface area contributed by atoms with Crippen LogP contribution in [0, 0.1) is 0 Å². The number of anilines is 1. The Bertz CT molecular complexity index is 489. The number of likely N-dealkylation sites (N-methyl/N-ethyl adjacent to an activating group) is 1. The third kappa shape index (κ3) is 5.15. The Labute approximate surface area is 117 Å². The Balaban J connectivity index is 2.68. The number of benzene rings is 1. The fraction of sp³-hybridized carbons (Fsp3) is 0.385. The Morgan fingerprint density at radius 1 is 1.35 bits per heavy atom.